The van der Waals surface area contributed by atoms with E-state index < -0.39 is 0 Å². The molecule has 1 N–H and O–H groups in total. The Balaban J connectivity index is 1.70. The summed E-state index contributed by atoms with van der Waals surface area (Å²) in [7, 11) is 0. The minimum absolute atomic E-state index is 0.0494. The molecule has 1 aliphatic rings. The van der Waals surface area contributed by atoms with Crippen LogP contribution in [0.2, 0.25) is 0 Å². The molecule has 0 saturated carbocycles. The molecule has 0 fully saturated rings. The van der Waals surface area contributed by atoms with Gasteiger partial charge in [-0.15, -0.1) is 0 Å². The van der Waals surface area contributed by atoms with Crippen LogP contribution in [0.15, 0.2) is 18.2 Å². The van der Waals surface area contributed by atoms with Crippen molar-refractivity contribution in [1.29, 1.82) is 0 Å². The fourth-order valence-corrected chi connectivity index (χ4v) is 3.69. The van der Waals surface area contributed by atoms with Crippen LogP contribution in [-0.4, -0.2) is 28.1 Å². The van der Waals surface area contributed by atoms with Gasteiger partial charge < -0.3 is 10.2 Å². The number of rotatable bonds is 5. The van der Waals surface area contributed by atoms with Crippen LogP contribution in [-0.2, 0) is 29.0 Å². The maximum Gasteiger partial charge on any atom is 0.228 e. The number of fused-ring (bicyclic) bond motifs is 1. The first kappa shape index (κ1) is 19.1. The van der Waals surface area contributed by atoms with Crippen LogP contribution in [0, 0.1) is 19.8 Å². The molecule has 27 heavy (non-hydrogen) atoms. The van der Waals surface area contributed by atoms with Crippen molar-refractivity contribution in [2.24, 2.45) is 5.92 Å². The number of anilines is 2. The van der Waals surface area contributed by atoms with Crippen LogP contribution in [0.1, 0.15) is 43.3 Å². The van der Waals surface area contributed by atoms with E-state index in [-0.39, 0.29) is 11.8 Å². The average Bonchev–Trinajstić information content (AvgIpc) is 3.11. The second kappa shape index (κ2) is 7.55. The smallest absolute Gasteiger partial charge is 0.228 e. The van der Waals surface area contributed by atoms with E-state index >= 15 is 0 Å². The van der Waals surface area contributed by atoms with Gasteiger partial charge in [-0.25, -0.2) is 0 Å². The molecule has 0 bridgehead atoms. The summed E-state index contributed by atoms with van der Waals surface area (Å²) in [4.78, 5) is 26.0. The number of hydrogen-bond acceptors (Lipinski definition) is 3. The molecule has 6 heteroatoms. The lowest BCUT2D eigenvalue weighted by atomic mass is 10.1. The molecule has 2 amide bonds. The molecule has 6 nitrogen and oxygen atoms in total. The number of aromatic nitrogens is 2. The molecular formula is C21H28N4O2. The molecule has 3 rings (SSSR count). The monoisotopic (exact) mass is 368 g/mol. The van der Waals surface area contributed by atoms with Crippen molar-refractivity contribution >= 4 is 23.2 Å². The fourth-order valence-electron chi connectivity index (χ4n) is 3.69. The van der Waals surface area contributed by atoms with Gasteiger partial charge >= 0.3 is 0 Å². The predicted octanol–water partition coefficient (Wildman–Crippen LogP) is 3.25. The molecule has 1 aromatic heterocycles. The van der Waals surface area contributed by atoms with Crippen molar-refractivity contribution in [2.45, 2.75) is 54.0 Å². The highest BCUT2D eigenvalue weighted by atomic mass is 16.2. The largest absolute Gasteiger partial charge is 0.326 e. The topological polar surface area (TPSA) is 67.2 Å². The van der Waals surface area contributed by atoms with E-state index in [0.29, 0.717) is 18.9 Å². The highest BCUT2D eigenvalue weighted by molar-refractivity contribution is 5.96. The third kappa shape index (κ3) is 4.04. The number of carbonyl (C=O) groups excluding carboxylic acids is 2. The van der Waals surface area contributed by atoms with E-state index in [1.54, 1.807) is 11.8 Å². The molecule has 0 unspecified atom stereocenters. The Kier molecular flexibility index (Phi) is 5.35. The zero-order valence-corrected chi connectivity index (χ0v) is 16.8. The molecule has 0 atom stereocenters. The molecule has 0 radical (unpaired) electrons. The summed E-state index contributed by atoms with van der Waals surface area (Å²) in [6.45, 7) is 11.4. The van der Waals surface area contributed by atoms with Crippen LogP contribution in [0.3, 0.4) is 0 Å². The number of aryl methyl sites for hydroxylation is 1. The summed E-state index contributed by atoms with van der Waals surface area (Å²) in [5.41, 5.74) is 5.78. The summed E-state index contributed by atoms with van der Waals surface area (Å²) in [6.07, 6.45) is 1.13. The Bertz CT molecular complexity index is 883. The number of nitrogens with zero attached hydrogens (tertiary/aromatic N) is 3. The van der Waals surface area contributed by atoms with E-state index in [1.165, 1.54) is 0 Å². The summed E-state index contributed by atoms with van der Waals surface area (Å²) < 4.78 is 1.99. The van der Waals surface area contributed by atoms with Crippen molar-refractivity contribution in [2.75, 3.05) is 16.8 Å². The van der Waals surface area contributed by atoms with Gasteiger partial charge in [0.2, 0.25) is 11.8 Å². The van der Waals surface area contributed by atoms with Gasteiger partial charge in [0.05, 0.1) is 12.1 Å². The van der Waals surface area contributed by atoms with Crippen LogP contribution >= 0.6 is 0 Å². The van der Waals surface area contributed by atoms with E-state index in [9.17, 15) is 9.59 Å². The number of amides is 2. The van der Waals surface area contributed by atoms with Gasteiger partial charge in [-0.05, 0) is 49.9 Å². The fraction of sp³-hybridized carbons (Fsp3) is 0.476. The molecule has 0 spiro atoms. The van der Waals surface area contributed by atoms with Gasteiger partial charge in [-0.1, -0.05) is 13.8 Å². The lowest BCUT2D eigenvalue weighted by Gasteiger charge is -2.15. The number of hydrogen-bond donors (Lipinski definition) is 1. The molecule has 2 aromatic rings. The quantitative estimate of drug-likeness (QED) is 0.881. The van der Waals surface area contributed by atoms with Crippen LogP contribution < -0.4 is 10.2 Å². The number of carbonyl (C=O) groups is 2. The van der Waals surface area contributed by atoms with Crippen molar-refractivity contribution in [1.82, 2.24) is 9.78 Å². The molecule has 0 saturated heterocycles. The van der Waals surface area contributed by atoms with E-state index in [0.717, 1.165) is 46.9 Å². The highest BCUT2D eigenvalue weighted by Gasteiger charge is 2.22. The van der Waals surface area contributed by atoms with Gasteiger partial charge in [0.1, 0.15) is 0 Å². The minimum atomic E-state index is -0.0494. The summed E-state index contributed by atoms with van der Waals surface area (Å²) in [5, 5.41) is 7.57. The van der Waals surface area contributed by atoms with Gasteiger partial charge in [0.25, 0.3) is 0 Å². The minimum Gasteiger partial charge on any atom is -0.326 e. The molecule has 144 valence electrons. The molecular weight excluding hydrogens is 340 g/mol. The van der Waals surface area contributed by atoms with Crippen molar-refractivity contribution in [3.63, 3.8) is 0 Å². The average molecular weight is 368 g/mol. The van der Waals surface area contributed by atoms with Gasteiger partial charge in [0, 0.05) is 42.6 Å². The lowest BCUT2D eigenvalue weighted by molar-refractivity contribution is -0.117. The molecule has 2 heterocycles. The van der Waals surface area contributed by atoms with Gasteiger partial charge in [0.15, 0.2) is 0 Å². The maximum atomic E-state index is 12.6. The van der Waals surface area contributed by atoms with Crippen LogP contribution in [0.4, 0.5) is 11.4 Å². The number of nitrogens with one attached hydrogen (secondary N) is 1. The van der Waals surface area contributed by atoms with E-state index in [2.05, 4.69) is 24.3 Å². The molecule has 1 aliphatic heterocycles. The zero-order valence-electron chi connectivity index (χ0n) is 16.8. The number of benzene rings is 1. The first-order valence-corrected chi connectivity index (χ1v) is 9.50. The third-order valence-corrected chi connectivity index (χ3v) is 5.05. The van der Waals surface area contributed by atoms with Crippen molar-refractivity contribution in [3.8, 4) is 0 Å². The molecule has 0 aliphatic carbocycles. The van der Waals surface area contributed by atoms with Crippen LogP contribution in [0.25, 0.3) is 0 Å². The summed E-state index contributed by atoms with van der Waals surface area (Å²) in [6, 6.07) is 5.74. The Labute approximate surface area is 160 Å². The first-order chi connectivity index (χ1) is 12.8. The van der Waals surface area contributed by atoms with Gasteiger partial charge in [-0.3, -0.25) is 14.3 Å². The Morgan fingerprint density at radius 3 is 2.67 bits per heavy atom. The maximum absolute atomic E-state index is 12.6. The van der Waals surface area contributed by atoms with Crippen LogP contribution in [0.5, 0.6) is 0 Å². The second-order valence-corrected chi connectivity index (χ2v) is 7.71. The normalized spacial score (nSPS) is 13.2. The van der Waals surface area contributed by atoms with E-state index in [4.69, 9.17) is 0 Å². The second-order valence-electron chi connectivity index (χ2n) is 7.71. The first-order valence-electron chi connectivity index (χ1n) is 9.50. The molecule has 1 aromatic carbocycles. The Hall–Kier alpha value is -2.63. The summed E-state index contributed by atoms with van der Waals surface area (Å²) >= 11 is 0. The van der Waals surface area contributed by atoms with Crippen molar-refractivity contribution < 1.29 is 9.59 Å². The third-order valence-electron chi connectivity index (χ3n) is 5.05. The van der Waals surface area contributed by atoms with Gasteiger partial charge in [-0.2, -0.15) is 5.10 Å². The lowest BCUT2D eigenvalue weighted by Crippen LogP contribution is -2.25. The van der Waals surface area contributed by atoms with Crippen molar-refractivity contribution in [3.05, 3.63) is 40.7 Å². The standard InChI is InChI=1S/C21H28N4O2/c1-13(2)12-25-15(4)19(14(3)23-25)11-21(27)22-18-6-7-20-17(10-18)8-9-24(20)16(5)26/h6-7,10,13H,8-9,11-12H2,1-5H3,(H,22,27). The zero-order chi connectivity index (χ0) is 19.7. The predicted molar refractivity (Wildman–Crippen MR) is 107 cm³/mol. The highest BCUT2D eigenvalue weighted by Crippen LogP contribution is 2.30. The SMILES string of the molecule is CC(=O)N1CCc2cc(NC(=O)Cc3c(C)nn(CC(C)C)c3C)ccc21. The Morgan fingerprint density at radius 1 is 1.26 bits per heavy atom. The van der Waals surface area contributed by atoms with E-state index in [1.807, 2.05) is 36.7 Å². The summed E-state index contributed by atoms with van der Waals surface area (Å²) in [5.74, 6) is 0.507. The Morgan fingerprint density at radius 2 is 2.00 bits per heavy atom.